The summed E-state index contributed by atoms with van der Waals surface area (Å²) in [5.74, 6) is 0.0102. The predicted molar refractivity (Wildman–Crippen MR) is 138 cm³/mol. The molecule has 0 amide bonds. The number of benzene rings is 2. The van der Waals surface area contributed by atoms with Crippen molar-refractivity contribution in [2.24, 2.45) is 0 Å². The smallest absolute Gasteiger partial charge is 0.416 e. The number of aliphatic hydroxyl groups excluding tert-OH is 1. The lowest BCUT2D eigenvalue weighted by Crippen LogP contribution is -2.34. The van der Waals surface area contributed by atoms with Gasteiger partial charge in [-0.15, -0.1) is 0 Å². The largest absolute Gasteiger partial charge is 0.456 e. The number of nitrogens with one attached hydrogen (secondary N) is 2. The summed E-state index contributed by atoms with van der Waals surface area (Å²) in [6.45, 7) is 0.535. The molecule has 0 aliphatic carbocycles. The Labute approximate surface area is 220 Å². The van der Waals surface area contributed by atoms with Crippen molar-refractivity contribution < 1.29 is 23.7 Å². The van der Waals surface area contributed by atoms with Crippen LogP contribution in [0.25, 0.3) is 44.9 Å². The standard InChI is InChI=1S/C27H21ClN4O6/c28-17-9-18-25(32-26(30-18)37-21-12-36-23-19(33)11-35-24(21)23)31-22(17)16-7-3-14(4-8-16)13-1-5-15(6-2-13)20-10-29-27(34)38-20/h1-10,19,21,23-24,33H,11-12H2,(H,29,34)(H,30,31,32)/t19-,21-,23-,24-/m1/s1. The number of fused-ring (bicyclic) bond motifs is 2. The van der Waals surface area contributed by atoms with E-state index in [2.05, 4.69) is 19.9 Å². The van der Waals surface area contributed by atoms with Crippen LogP contribution in [0.1, 0.15) is 0 Å². The minimum atomic E-state index is -0.647. The highest BCUT2D eigenvalue weighted by Crippen LogP contribution is 2.33. The molecule has 0 radical (unpaired) electrons. The number of aromatic amines is 2. The van der Waals surface area contributed by atoms with E-state index in [1.807, 2.05) is 48.5 Å². The van der Waals surface area contributed by atoms with Crippen molar-refractivity contribution in [3.05, 3.63) is 76.4 Å². The summed E-state index contributed by atoms with van der Waals surface area (Å²) in [5.41, 5.74) is 5.40. The first-order valence-corrected chi connectivity index (χ1v) is 12.4. The van der Waals surface area contributed by atoms with Gasteiger partial charge in [0.1, 0.15) is 18.3 Å². The number of pyridine rings is 1. The molecule has 0 spiro atoms. The maximum Gasteiger partial charge on any atom is 0.416 e. The molecule has 0 saturated carbocycles. The van der Waals surface area contributed by atoms with E-state index >= 15 is 0 Å². The van der Waals surface area contributed by atoms with Gasteiger partial charge in [-0.05, 0) is 17.2 Å². The molecule has 2 aliphatic rings. The van der Waals surface area contributed by atoms with Crippen LogP contribution in [0.15, 0.2) is 70.0 Å². The van der Waals surface area contributed by atoms with Crippen LogP contribution in [-0.2, 0) is 9.47 Å². The lowest BCUT2D eigenvalue weighted by atomic mass is 10.0. The van der Waals surface area contributed by atoms with Gasteiger partial charge in [-0.25, -0.2) is 9.78 Å². The molecule has 38 heavy (non-hydrogen) atoms. The molecule has 2 aromatic carbocycles. The fraction of sp³-hybridized carbons (Fsp3) is 0.222. The van der Waals surface area contributed by atoms with Gasteiger partial charge in [0.15, 0.2) is 17.5 Å². The highest BCUT2D eigenvalue weighted by atomic mass is 35.5. The topological polar surface area (TPSA) is 135 Å². The minimum Gasteiger partial charge on any atom is -0.456 e. The second-order valence-electron chi connectivity index (χ2n) is 9.25. The Morgan fingerprint density at radius 1 is 0.921 bits per heavy atom. The summed E-state index contributed by atoms with van der Waals surface area (Å²) in [6.07, 6.45) is -0.204. The molecule has 2 saturated heterocycles. The molecule has 3 aromatic heterocycles. The van der Waals surface area contributed by atoms with Gasteiger partial charge in [0, 0.05) is 11.1 Å². The fourth-order valence-corrected chi connectivity index (χ4v) is 5.18. The highest BCUT2D eigenvalue weighted by molar-refractivity contribution is 6.33. The lowest BCUT2D eigenvalue weighted by molar-refractivity contribution is 0.00706. The Kier molecular flexibility index (Phi) is 5.55. The zero-order valence-corrected chi connectivity index (χ0v) is 20.5. The first kappa shape index (κ1) is 23.2. The van der Waals surface area contributed by atoms with Crippen LogP contribution >= 0.6 is 11.6 Å². The zero-order chi connectivity index (χ0) is 25.8. The molecule has 0 bridgehead atoms. The summed E-state index contributed by atoms with van der Waals surface area (Å²) < 4.78 is 22.3. The zero-order valence-electron chi connectivity index (χ0n) is 19.8. The minimum absolute atomic E-state index is 0.229. The Balaban J connectivity index is 1.11. The van der Waals surface area contributed by atoms with Gasteiger partial charge < -0.3 is 28.7 Å². The van der Waals surface area contributed by atoms with Crippen LogP contribution in [-0.4, -0.2) is 62.7 Å². The van der Waals surface area contributed by atoms with Gasteiger partial charge in [0.2, 0.25) is 0 Å². The van der Waals surface area contributed by atoms with Crippen molar-refractivity contribution in [2.75, 3.05) is 13.2 Å². The fourth-order valence-electron chi connectivity index (χ4n) is 4.92. The SMILES string of the molecule is O=c1[nH]cc(-c2ccc(-c3ccc(-c4nc5nc(O[C@@H]6CO[C@H]7[C@@H]6OC[C@H]7O)[nH]c5cc4Cl)cc3)cc2)o1. The van der Waals surface area contributed by atoms with E-state index in [4.69, 9.17) is 30.2 Å². The van der Waals surface area contributed by atoms with Crippen molar-refractivity contribution >= 4 is 22.8 Å². The number of rotatable bonds is 5. The lowest BCUT2D eigenvalue weighted by Gasteiger charge is -2.15. The Hall–Kier alpha value is -3.96. The average Bonchev–Trinajstić information content (AvgIpc) is 3.71. The van der Waals surface area contributed by atoms with Crippen molar-refractivity contribution in [3.8, 4) is 39.7 Å². The Bertz CT molecular complexity index is 1680. The third-order valence-corrected chi connectivity index (χ3v) is 7.12. The maximum absolute atomic E-state index is 11.2. The van der Waals surface area contributed by atoms with Crippen molar-refractivity contribution in [2.45, 2.75) is 24.4 Å². The Morgan fingerprint density at radius 3 is 2.32 bits per heavy atom. The molecule has 5 heterocycles. The molecule has 3 N–H and O–H groups in total. The third-order valence-electron chi connectivity index (χ3n) is 6.83. The number of hydrogen-bond acceptors (Lipinski definition) is 8. The van der Waals surface area contributed by atoms with Crippen LogP contribution in [0, 0.1) is 0 Å². The molecule has 2 fully saturated rings. The van der Waals surface area contributed by atoms with Crippen LogP contribution in [0.4, 0.5) is 0 Å². The first-order chi connectivity index (χ1) is 18.5. The number of nitrogens with zero attached hydrogens (tertiary/aromatic N) is 2. The van der Waals surface area contributed by atoms with Crippen molar-refractivity contribution in [1.29, 1.82) is 0 Å². The molecule has 11 heteroatoms. The number of aromatic nitrogens is 4. The van der Waals surface area contributed by atoms with E-state index in [0.717, 1.165) is 22.3 Å². The molecular weight excluding hydrogens is 512 g/mol. The number of aliphatic hydroxyl groups is 1. The third kappa shape index (κ3) is 4.07. The molecule has 4 atom stereocenters. The summed E-state index contributed by atoms with van der Waals surface area (Å²) in [6, 6.07) is 17.7. The van der Waals surface area contributed by atoms with Crippen molar-refractivity contribution in [3.63, 3.8) is 0 Å². The number of oxazole rings is 1. The van der Waals surface area contributed by atoms with Crippen LogP contribution < -0.4 is 10.5 Å². The molecule has 0 unspecified atom stereocenters. The van der Waals surface area contributed by atoms with Gasteiger partial charge in [-0.1, -0.05) is 60.1 Å². The van der Waals surface area contributed by atoms with E-state index in [1.165, 1.54) is 0 Å². The number of halogens is 1. The quantitative estimate of drug-likeness (QED) is 0.311. The first-order valence-electron chi connectivity index (χ1n) is 12.1. The molecular formula is C27H21ClN4O6. The summed E-state index contributed by atoms with van der Waals surface area (Å²) in [7, 11) is 0. The van der Waals surface area contributed by atoms with E-state index < -0.39 is 11.9 Å². The van der Waals surface area contributed by atoms with E-state index in [1.54, 1.807) is 12.3 Å². The van der Waals surface area contributed by atoms with Gasteiger partial charge in [0.05, 0.1) is 35.6 Å². The summed E-state index contributed by atoms with van der Waals surface area (Å²) >= 11 is 6.59. The van der Waals surface area contributed by atoms with Gasteiger partial charge in [0.25, 0.3) is 6.01 Å². The van der Waals surface area contributed by atoms with Crippen molar-refractivity contribution in [1.82, 2.24) is 19.9 Å². The predicted octanol–water partition coefficient (Wildman–Crippen LogP) is 3.80. The van der Waals surface area contributed by atoms with Crippen LogP contribution in [0.3, 0.4) is 0 Å². The molecule has 10 nitrogen and oxygen atoms in total. The molecule has 2 aliphatic heterocycles. The van der Waals surface area contributed by atoms with Crippen LogP contribution in [0.2, 0.25) is 5.02 Å². The number of imidazole rings is 1. The van der Waals surface area contributed by atoms with Gasteiger partial charge in [-0.3, -0.25) is 4.98 Å². The van der Waals surface area contributed by atoms with E-state index in [0.29, 0.717) is 34.2 Å². The van der Waals surface area contributed by atoms with E-state index in [9.17, 15) is 9.90 Å². The summed E-state index contributed by atoms with van der Waals surface area (Å²) in [4.78, 5) is 26.0. The second-order valence-corrected chi connectivity index (χ2v) is 9.66. The highest BCUT2D eigenvalue weighted by Gasteiger charge is 2.48. The molecule has 5 aromatic rings. The number of H-pyrrole nitrogens is 2. The van der Waals surface area contributed by atoms with Crippen LogP contribution in [0.5, 0.6) is 6.01 Å². The van der Waals surface area contributed by atoms with E-state index in [-0.39, 0.29) is 30.9 Å². The second kappa shape index (κ2) is 9.10. The molecule has 7 rings (SSSR count). The molecule has 192 valence electrons. The Morgan fingerprint density at radius 2 is 1.61 bits per heavy atom. The average molecular weight is 533 g/mol. The summed E-state index contributed by atoms with van der Waals surface area (Å²) in [5, 5.41) is 10.4. The monoisotopic (exact) mass is 532 g/mol. The number of ether oxygens (including phenoxy) is 3. The number of hydrogen-bond donors (Lipinski definition) is 3. The van der Waals surface area contributed by atoms with Gasteiger partial charge in [-0.2, -0.15) is 4.98 Å². The maximum atomic E-state index is 11.2. The van der Waals surface area contributed by atoms with Gasteiger partial charge >= 0.3 is 5.76 Å². The normalized spacial score (nSPS) is 22.7.